The second kappa shape index (κ2) is 19.4. The molecule has 4 N–H and O–H groups in total. The molecular formula is C40H51N5O9. The summed E-state index contributed by atoms with van der Waals surface area (Å²) >= 11 is 0. The first-order chi connectivity index (χ1) is 25.8. The van der Waals surface area contributed by atoms with E-state index in [2.05, 4.69) is 21.3 Å². The van der Waals surface area contributed by atoms with E-state index in [9.17, 15) is 24.0 Å². The quantitative estimate of drug-likeness (QED) is 0.264. The van der Waals surface area contributed by atoms with Crippen molar-refractivity contribution < 1.29 is 42.9 Å². The number of fused-ring (bicyclic) bond motifs is 18. The number of aryl methyl sites for hydroxylation is 1. The fourth-order valence-corrected chi connectivity index (χ4v) is 5.76. The van der Waals surface area contributed by atoms with Crippen LogP contribution in [0.1, 0.15) is 61.5 Å². The molecule has 4 bridgehead atoms. The minimum absolute atomic E-state index is 0.0807. The van der Waals surface area contributed by atoms with Gasteiger partial charge in [-0.2, -0.15) is 0 Å². The van der Waals surface area contributed by atoms with E-state index in [0.29, 0.717) is 59.9 Å². The number of rotatable bonds is 7. The molecule has 5 rings (SSSR count). The van der Waals surface area contributed by atoms with Gasteiger partial charge in [0.2, 0.25) is 17.7 Å². The van der Waals surface area contributed by atoms with Crippen molar-refractivity contribution in [1.82, 2.24) is 26.2 Å². The summed E-state index contributed by atoms with van der Waals surface area (Å²) in [6.07, 6.45) is 1.67. The summed E-state index contributed by atoms with van der Waals surface area (Å²) in [6.45, 7) is 5.01. The number of methoxy groups -OCH3 is 3. The number of nitrogens with one attached hydrogen (secondary N) is 4. The van der Waals surface area contributed by atoms with E-state index in [-0.39, 0.29) is 32.0 Å². The SMILES string of the molecule is COc1cc2ccc1CNC(=O)[C@H](C)NC(=O)[C@H](CCc1ccccc1)NC(=O)CN(C(=O)C(C)(C)OC)CCCCNC(=O)c1ccc(OC)c(c1)O2. The third-order valence-corrected chi connectivity index (χ3v) is 9.12. The molecule has 2 atom stereocenters. The van der Waals surface area contributed by atoms with Gasteiger partial charge in [-0.05, 0) is 82.3 Å². The Balaban J connectivity index is 1.61. The number of carbonyl (C=O) groups is 5. The lowest BCUT2D eigenvalue weighted by molar-refractivity contribution is -0.153. The van der Waals surface area contributed by atoms with Crippen LogP contribution in [0.5, 0.6) is 23.0 Å². The highest BCUT2D eigenvalue weighted by Crippen LogP contribution is 2.35. The van der Waals surface area contributed by atoms with Crippen molar-refractivity contribution in [2.75, 3.05) is 41.0 Å². The van der Waals surface area contributed by atoms with Crippen LogP contribution in [-0.4, -0.2) is 93.1 Å². The van der Waals surface area contributed by atoms with Crippen LogP contribution < -0.4 is 35.5 Å². The average Bonchev–Trinajstić information content (AvgIpc) is 3.17. The van der Waals surface area contributed by atoms with Gasteiger partial charge in [-0.15, -0.1) is 0 Å². The number of amides is 5. The smallest absolute Gasteiger partial charge is 0.254 e. The first kappa shape index (κ1) is 41.1. The molecule has 14 nitrogen and oxygen atoms in total. The van der Waals surface area contributed by atoms with E-state index in [1.165, 1.54) is 26.2 Å². The zero-order valence-corrected chi connectivity index (χ0v) is 31.8. The van der Waals surface area contributed by atoms with E-state index < -0.39 is 41.3 Å². The predicted octanol–water partition coefficient (Wildman–Crippen LogP) is 3.51. The van der Waals surface area contributed by atoms with E-state index >= 15 is 0 Å². The normalized spacial score (nSPS) is 18.1. The van der Waals surface area contributed by atoms with Gasteiger partial charge in [0.05, 0.1) is 20.8 Å². The number of benzene rings is 3. The van der Waals surface area contributed by atoms with Crippen molar-refractivity contribution in [2.24, 2.45) is 0 Å². The summed E-state index contributed by atoms with van der Waals surface area (Å²) < 4.78 is 22.6. The second-order valence-electron chi connectivity index (χ2n) is 13.4. The number of ether oxygens (including phenoxy) is 4. The molecule has 0 aromatic heterocycles. The van der Waals surface area contributed by atoms with Crippen molar-refractivity contribution in [1.29, 1.82) is 0 Å². The van der Waals surface area contributed by atoms with Crippen LogP contribution in [0.25, 0.3) is 0 Å². The minimum atomic E-state index is -1.22. The van der Waals surface area contributed by atoms with Crippen LogP contribution in [-0.2, 0) is 36.9 Å². The summed E-state index contributed by atoms with van der Waals surface area (Å²) in [7, 11) is 4.40. The lowest BCUT2D eigenvalue weighted by Gasteiger charge is -2.31. The van der Waals surface area contributed by atoms with Gasteiger partial charge < -0.3 is 45.1 Å². The van der Waals surface area contributed by atoms with Gasteiger partial charge in [0.15, 0.2) is 11.5 Å². The van der Waals surface area contributed by atoms with Crippen LogP contribution in [0.2, 0.25) is 0 Å². The molecule has 0 saturated carbocycles. The summed E-state index contributed by atoms with van der Waals surface area (Å²) in [5.41, 5.74) is 0.735. The van der Waals surface area contributed by atoms with Gasteiger partial charge in [0, 0.05) is 43.9 Å². The summed E-state index contributed by atoms with van der Waals surface area (Å²) in [5, 5.41) is 11.3. The fraction of sp³-hybridized carbons (Fsp3) is 0.425. The maximum atomic E-state index is 13.6. The van der Waals surface area contributed by atoms with Crippen LogP contribution in [0, 0.1) is 0 Å². The molecule has 54 heavy (non-hydrogen) atoms. The highest BCUT2D eigenvalue weighted by Gasteiger charge is 2.33. The average molecular weight is 746 g/mol. The van der Waals surface area contributed by atoms with Gasteiger partial charge in [-0.25, -0.2) is 0 Å². The zero-order chi connectivity index (χ0) is 39.3. The molecule has 3 aromatic rings. The Hall–Kier alpha value is -5.63. The van der Waals surface area contributed by atoms with Crippen LogP contribution in [0.3, 0.4) is 0 Å². The van der Waals surface area contributed by atoms with Gasteiger partial charge in [0.25, 0.3) is 11.8 Å². The molecule has 2 heterocycles. The topological polar surface area (TPSA) is 174 Å². The van der Waals surface area contributed by atoms with Gasteiger partial charge in [-0.3, -0.25) is 24.0 Å². The number of nitrogens with zero attached hydrogens (tertiary/aromatic N) is 1. The Labute approximate surface area is 316 Å². The van der Waals surface area contributed by atoms with Crippen molar-refractivity contribution in [3.63, 3.8) is 0 Å². The van der Waals surface area contributed by atoms with Gasteiger partial charge >= 0.3 is 0 Å². The Kier molecular flexibility index (Phi) is 14.8. The Morgan fingerprint density at radius 2 is 1.61 bits per heavy atom. The van der Waals surface area contributed by atoms with E-state index in [1.807, 2.05) is 30.3 Å². The minimum Gasteiger partial charge on any atom is -0.496 e. The molecule has 5 amide bonds. The molecule has 14 heteroatoms. The molecule has 290 valence electrons. The molecule has 0 aliphatic carbocycles. The summed E-state index contributed by atoms with van der Waals surface area (Å²) in [4.78, 5) is 68.5. The maximum absolute atomic E-state index is 13.6. The van der Waals surface area contributed by atoms with Gasteiger partial charge in [0.1, 0.15) is 29.2 Å². The number of hydrogen-bond donors (Lipinski definition) is 4. The van der Waals surface area contributed by atoms with Crippen molar-refractivity contribution in [2.45, 2.75) is 70.7 Å². The van der Waals surface area contributed by atoms with Gasteiger partial charge in [-0.1, -0.05) is 30.3 Å². The first-order valence-electron chi connectivity index (χ1n) is 17.9. The molecule has 3 aromatic carbocycles. The number of hydrogen-bond acceptors (Lipinski definition) is 9. The highest BCUT2D eigenvalue weighted by molar-refractivity contribution is 5.95. The number of carbonyl (C=O) groups excluding carboxylic acids is 5. The Morgan fingerprint density at radius 1 is 0.870 bits per heavy atom. The Bertz CT molecular complexity index is 1780. The lowest BCUT2D eigenvalue weighted by Crippen LogP contribution is -2.55. The molecular weight excluding hydrogens is 694 g/mol. The molecule has 0 spiro atoms. The van der Waals surface area contributed by atoms with Crippen LogP contribution in [0.15, 0.2) is 66.7 Å². The van der Waals surface area contributed by atoms with Crippen LogP contribution in [0.4, 0.5) is 0 Å². The molecule has 0 radical (unpaired) electrons. The summed E-state index contributed by atoms with van der Waals surface area (Å²) in [6, 6.07) is 17.5. The van der Waals surface area contributed by atoms with Crippen LogP contribution >= 0.6 is 0 Å². The third-order valence-electron chi connectivity index (χ3n) is 9.12. The van der Waals surface area contributed by atoms with E-state index in [0.717, 1.165) is 5.56 Å². The zero-order valence-electron chi connectivity index (χ0n) is 31.8. The predicted molar refractivity (Wildman–Crippen MR) is 201 cm³/mol. The largest absolute Gasteiger partial charge is 0.496 e. The second-order valence-corrected chi connectivity index (χ2v) is 13.4. The molecule has 2 aliphatic rings. The fourth-order valence-electron chi connectivity index (χ4n) is 5.76. The first-order valence-corrected chi connectivity index (χ1v) is 17.9. The molecule has 0 unspecified atom stereocenters. The molecule has 0 saturated heterocycles. The van der Waals surface area contributed by atoms with Crippen molar-refractivity contribution in [3.05, 3.63) is 83.4 Å². The molecule has 0 fully saturated rings. The lowest BCUT2D eigenvalue weighted by atomic mass is 10.0. The Morgan fingerprint density at radius 3 is 2.31 bits per heavy atom. The van der Waals surface area contributed by atoms with E-state index in [4.69, 9.17) is 18.9 Å². The summed E-state index contributed by atoms with van der Waals surface area (Å²) in [5.74, 6) is -0.737. The maximum Gasteiger partial charge on any atom is 0.254 e. The van der Waals surface area contributed by atoms with Crippen molar-refractivity contribution in [3.8, 4) is 23.0 Å². The van der Waals surface area contributed by atoms with E-state index in [1.54, 1.807) is 57.2 Å². The highest BCUT2D eigenvalue weighted by atomic mass is 16.5. The third kappa shape index (κ3) is 11.4. The molecule has 2 aliphatic heterocycles. The monoisotopic (exact) mass is 745 g/mol. The van der Waals surface area contributed by atoms with Crippen molar-refractivity contribution >= 4 is 29.5 Å². The standard InChI is InChI=1S/C40H51N5O9/c1-26-36(47)42-24-29-15-17-30(23-33(29)52-5)54-34-22-28(16-19-32(34)51-4)37(48)41-20-10-11-21-45(39(50)40(2,3)53-6)25-35(46)44-31(38(49)43-26)18-14-27-12-8-7-9-13-27/h7-9,12-13,15-17,19,22-23,26,31H,10-11,14,18,20-21,24-25H2,1-6H3,(H,41,48)(H,42,47)(H,43,49)(H,44,46)/t26-,31-/m0/s1.